The third-order valence-electron chi connectivity index (χ3n) is 5.20. The molecule has 0 bridgehead atoms. The summed E-state index contributed by atoms with van der Waals surface area (Å²) in [5.74, 6) is 1.54. The number of carbonyl (C=O) groups is 2. The number of likely N-dealkylation sites (tertiary alicyclic amines) is 1. The molecule has 1 aromatic carbocycles. The van der Waals surface area contributed by atoms with E-state index in [1.807, 2.05) is 44.2 Å². The van der Waals surface area contributed by atoms with E-state index in [0.717, 1.165) is 38.0 Å². The summed E-state index contributed by atoms with van der Waals surface area (Å²) in [4.78, 5) is 30.8. The highest BCUT2D eigenvalue weighted by Gasteiger charge is 2.22. The molecular weight excluding hydrogens is 396 g/mol. The fraction of sp³-hybridized carbons (Fsp3) is 0.545. The average Bonchev–Trinajstić information content (AvgIpc) is 3.23. The summed E-state index contributed by atoms with van der Waals surface area (Å²) < 4.78 is 5.20. The fourth-order valence-corrected chi connectivity index (χ4v) is 3.44. The van der Waals surface area contributed by atoms with Gasteiger partial charge in [-0.2, -0.15) is 4.98 Å². The molecule has 3 N–H and O–H groups in total. The third kappa shape index (κ3) is 7.67. The molecule has 1 aliphatic rings. The van der Waals surface area contributed by atoms with Crippen molar-refractivity contribution in [1.29, 1.82) is 0 Å². The Balaban J connectivity index is 1.27. The Morgan fingerprint density at radius 1 is 1.19 bits per heavy atom. The van der Waals surface area contributed by atoms with E-state index >= 15 is 0 Å². The number of amides is 3. The van der Waals surface area contributed by atoms with Crippen LogP contribution in [0.2, 0.25) is 0 Å². The lowest BCUT2D eigenvalue weighted by Gasteiger charge is -2.31. The van der Waals surface area contributed by atoms with Crippen LogP contribution in [0, 0.1) is 0 Å². The lowest BCUT2D eigenvalue weighted by Crippen LogP contribution is -2.49. The van der Waals surface area contributed by atoms with Crippen molar-refractivity contribution < 1.29 is 14.1 Å². The zero-order chi connectivity index (χ0) is 22.1. The van der Waals surface area contributed by atoms with Crippen LogP contribution in [0.25, 0.3) is 0 Å². The van der Waals surface area contributed by atoms with E-state index in [-0.39, 0.29) is 23.9 Å². The molecule has 0 spiro atoms. The van der Waals surface area contributed by atoms with Gasteiger partial charge in [0.1, 0.15) is 0 Å². The van der Waals surface area contributed by atoms with Gasteiger partial charge in [-0.05, 0) is 31.4 Å². The van der Waals surface area contributed by atoms with E-state index < -0.39 is 0 Å². The number of para-hydroxylation sites is 1. The Morgan fingerprint density at radius 3 is 2.61 bits per heavy atom. The van der Waals surface area contributed by atoms with Gasteiger partial charge in [-0.25, -0.2) is 4.79 Å². The molecule has 3 amide bonds. The van der Waals surface area contributed by atoms with Crippen molar-refractivity contribution >= 4 is 17.6 Å². The maximum atomic E-state index is 12.2. The molecule has 168 valence electrons. The monoisotopic (exact) mass is 428 g/mol. The lowest BCUT2D eigenvalue weighted by atomic mass is 10.1. The van der Waals surface area contributed by atoms with Crippen molar-refractivity contribution in [2.45, 2.75) is 51.5 Å². The number of benzene rings is 1. The summed E-state index contributed by atoms with van der Waals surface area (Å²) in [6.45, 7) is 6.51. The van der Waals surface area contributed by atoms with Gasteiger partial charge in [0.25, 0.3) is 0 Å². The fourth-order valence-electron chi connectivity index (χ4n) is 3.44. The second-order valence-electron chi connectivity index (χ2n) is 8.17. The van der Waals surface area contributed by atoms with Crippen molar-refractivity contribution in [3.63, 3.8) is 0 Å². The number of aryl methyl sites for hydroxylation is 1. The molecule has 0 atom stereocenters. The molecule has 1 aliphatic heterocycles. The van der Waals surface area contributed by atoms with Crippen molar-refractivity contribution in [3.05, 3.63) is 42.0 Å². The highest BCUT2D eigenvalue weighted by molar-refractivity contribution is 5.92. The largest absolute Gasteiger partial charge is 0.339 e. The normalized spacial score (nSPS) is 15.1. The molecule has 1 saturated heterocycles. The van der Waals surface area contributed by atoms with E-state index in [4.69, 9.17) is 4.52 Å². The minimum Gasteiger partial charge on any atom is -0.339 e. The van der Waals surface area contributed by atoms with Gasteiger partial charge in [-0.3, -0.25) is 9.69 Å². The quantitative estimate of drug-likeness (QED) is 0.529. The van der Waals surface area contributed by atoms with Gasteiger partial charge >= 0.3 is 6.03 Å². The van der Waals surface area contributed by atoms with E-state index in [2.05, 4.69) is 31.0 Å². The molecule has 3 rings (SSSR count). The first-order valence-electron chi connectivity index (χ1n) is 10.9. The molecular formula is C22H32N6O3. The van der Waals surface area contributed by atoms with Gasteiger partial charge in [-0.1, -0.05) is 37.2 Å². The van der Waals surface area contributed by atoms with Crippen LogP contribution in [0.4, 0.5) is 10.5 Å². The summed E-state index contributed by atoms with van der Waals surface area (Å²) in [5.41, 5.74) is 0.806. The Kier molecular flexibility index (Phi) is 8.40. The number of rotatable bonds is 9. The molecule has 0 radical (unpaired) electrons. The van der Waals surface area contributed by atoms with Crippen molar-refractivity contribution in [2.75, 3.05) is 31.5 Å². The van der Waals surface area contributed by atoms with Gasteiger partial charge in [-0.15, -0.1) is 0 Å². The number of nitrogens with zero attached hydrogens (tertiary/aromatic N) is 3. The zero-order valence-electron chi connectivity index (χ0n) is 18.3. The summed E-state index contributed by atoms with van der Waals surface area (Å²) in [6.07, 6.45) is 3.03. The van der Waals surface area contributed by atoms with Crippen LogP contribution in [0.15, 0.2) is 34.9 Å². The van der Waals surface area contributed by atoms with Crippen molar-refractivity contribution in [1.82, 2.24) is 25.7 Å². The first-order chi connectivity index (χ1) is 15.0. The van der Waals surface area contributed by atoms with Crippen LogP contribution in [0.3, 0.4) is 0 Å². The third-order valence-corrected chi connectivity index (χ3v) is 5.20. The number of hydrogen-bond donors (Lipinski definition) is 3. The maximum Gasteiger partial charge on any atom is 0.315 e. The molecule has 2 heterocycles. The standard InChI is InChI=1S/C22H32N6O3/c1-16(2)21-26-20(31-27-21)9-6-12-23-22(30)25-18-10-13-28(14-11-18)15-19(29)24-17-7-4-3-5-8-17/h3-5,7-8,16,18H,6,9-15H2,1-2H3,(H,24,29)(H2,23,25,30). The molecule has 9 nitrogen and oxygen atoms in total. The van der Waals surface area contributed by atoms with Crippen LogP contribution in [-0.4, -0.2) is 59.2 Å². The molecule has 31 heavy (non-hydrogen) atoms. The lowest BCUT2D eigenvalue weighted by molar-refractivity contribution is -0.117. The van der Waals surface area contributed by atoms with Crippen LogP contribution in [0.5, 0.6) is 0 Å². The van der Waals surface area contributed by atoms with Crippen LogP contribution >= 0.6 is 0 Å². The number of aromatic nitrogens is 2. The second-order valence-corrected chi connectivity index (χ2v) is 8.17. The maximum absolute atomic E-state index is 12.2. The number of piperidine rings is 1. The Labute approximate surface area is 183 Å². The minimum absolute atomic E-state index is 0.0166. The molecule has 2 aromatic rings. The van der Waals surface area contributed by atoms with Crippen molar-refractivity contribution in [2.24, 2.45) is 0 Å². The predicted molar refractivity (Wildman–Crippen MR) is 118 cm³/mol. The highest BCUT2D eigenvalue weighted by Crippen LogP contribution is 2.12. The highest BCUT2D eigenvalue weighted by atomic mass is 16.5. The Bertz CT molecular complexity index is 831. The topological polar surface area (TPSA) is 112 Å². The molecule has 0 aliphatic carbocycles. The van der Waals surface area contributed by atoms with E-state index in [9.17, 15) is 9.59 Å². The number of hydrogen-bond acceptors (Lipinski definition) is 6. The Hall–Kier alpha value is -2.94. The summed E-state index contributed by atoms with van der Waals surface area (Å²) in [6, 6.07) is 9.41. The van der Waals surface area contributed by atoms with Crippen LogP contribution in [-0.2, 0) is 11.2 Å². The number of anilines is 1. The van der Waals surface area contributed by atoms with Gasteiger partial charge in [0, 0.05) is 43.7 Å². The first kappa shape index (κ1) is 22.7. The van der Waals surface area contributed by atoms with Crippen LogP contribution in [0.1, 0.15) is 50.7 Å². The van der Waals surface area contributed by atoms with Crippen molar-refractivity contribution in [3.8, 4) is 0 Å². The number of nitrogens with one attached hydrogen (secondary N) is 3. The molecule has 1 fully saturated rings. The average molecular weight is 429 g/mol. The molecule has 9 heteroatoms. The minimum atomic E-state index is -0.159. The molecule has 0 unspecified atom stereocenters. The summed E-state index contributed by atoms with van der Waals surface area (Å²) in [7, 11) is 0. The van der Waals surface area contributed by atoms with E-state index in [1.54, 1.807) is 0 Å². The zero-order valence-corrected chi connectivity index (χ0v) is 18.3. The number of urea groups is 1. The van der Waals surface area contributed by atoms with Gasteiger partial charge < -0.3 is 20.5 Å². The van der Waals surface area contributed by atoms with Crippen LogP contribution < -0.4 is 16.0 Å². The molecule has 1 aromatic heterocycles. The number of carbonyl (C=O) groups excluding carboxylic acids is 2. The first-order valence-corrected chi connectivity index (χ1v) is 10.9. The second kappa shape index (κ2) is 11.5. The predicted octanol–water partition coefficient (Wildman–Crippen LogP) is 2.53. The summed E-state index contributed by atoms with van der Waals surface area (Å²) >= 11 is 0. The van der Waals surface area contributed by atoms with E-state index in [1.165, 1.54) is 0 Å². The summed E-state index contributed by atoms with van der Waals surface area (Å²) in [5, 5.41) is 12.7. The van der Waals surface area contributed by atoms with Gasteiger partial charge in [0.05, 0.1) is 6.54 Å². The van der Waals surface area contributed by atoms with E-state index in [0.29, 0.717) is 31.2 Å². The van der Waals surface area contributed by atoms with Gasteiger partial charge in [0.2, 0.25) is 11.8 Å². The molecule has 0 saturated carbocycles. The SMILES string of the molecule is CC(C)c1noc(CCCNC(=O)NC2CCN(CC(=O)Nc3ccccc3)CC2)n1. The van der Waals surface area contributed by atoms with Gasteiger partial charge in [0.15, 0.2) is 5.82 Å². The Morgan fingerprint density at radius 2 is 1.94 bits per heavy atom. The smallest absolute Gasteiger partial charge is 0.315 e.